The lowest BCUT2D eigenvalue weighted by Gasteiger charge is -2.26. The molecule has 0 radical (unpaired) electrons. The molecule has 1 amide bonds. The van der Waals surface area contributed by atoms with E-state index in [2.05, 4.69) is 31.3 Å². The molecule has 0 saturated carbocycles. The average Bonchev–Trinajstić information content (AvgIpc) is 3.21. The number of aliphatic hydroxyl groups is 1. The van der Waals surface area contributed by atoms with Crippen molar-refractivity contribution >= 4 is 13.7 Å². The van der Waals surface area contributed by atoms with Gasteiger partial charge in [0, 0.05) is 6.42 Å². The number of aliphatic hydroxyl groups excluding tert-OH is 1. The van der Waals surface area contributed by atoms with Crippen molar-refractivity contribution in [1.29, 1.82) is 0 Å². The van der Waals surface area contributed by atoms with Gasteiger partial charge in [0.05, 0.1) is 39.9 Å². The molecule has 0 aliphatic rings. The van der Waals surface area contributed by atoms with Crippen molar-refractivity contribution in [3.05, 3.63) is 12.2 Å². The van der Waals surface area contributed by atoms with Gasteiger partial charge in [0.15, 0.2) is 0 Å². The van der Waals surface area contributed by atoms with Crippen molar-refractivity contribution in [3.63, 3.8) is 0 Å². The lowest BCUT2D eigenvalue weighted by atomic mass is 10.0. The van der Waals surface area contributed by atoms with E-state index < -0.39 is 20.0 Å². The fraction of sp³-hybridized carbons (Fsp3) is 0.942. The second-order valence-electron chi connectivity index (χ2n) is 19.6. The van der Waals surface area contributed by atoms with Gasteiger partial charge in [0.1, 0.15) is 13.2 Å². The number of hydrogen-bond donors (Lipinski definition) is 3. The number of hydrogen-bond acceptors (Lipinski definition) is 5. The first kappa shape index (κ1) is 60.2. The molecule has 3 N–H and O–H groups in total. The van der Waals surface area contributed by atoms with Crippen LogP contribution in [-0.2, 0) is 18.4 Å². The van der Waals surface area contributed by atoms with E-state index in [1.54, 1.807) is 0 Å². The Morgan fingerprint density at radius 1 is 0.541 bits per heavy atom. The monoisotopic (exact) mass is 886 g/mol. The Kier molecular flexibility index (Phi) is 43.9. The summed E-state index contributed by atoms with van der Waals surface area (Å²) in [5, 5.41) is 14.0. The third-order valence-electron chi connectivity index (χ3n) is 12.3. The number of phosphoric acid groups is 1. The van der Waals surface area contributed by atoms with E-state index in [4.69, 9.17) is 9.05 Å². The van der Waals surface area contributed by atoms with E-state index in [9.17, 15) is 19.4 Å². The Balaban J connectivity index is 4.23. The predicted molar refractivity (Wildman–Crippen MR) is 263 cm³/mol. The molecule has 0 heterocycles. The van der Waals surface area contributed by atoms with Gasteiger partial charge in [-0.3, -0.25) is 13.8 Å². The third kappa shape index (κ3) is 47.0. The summed E-state index contributed by atoms with van der Waals surface area (Å²) in [6.45, 7) is 4.92. The molecule has 0 rings (SSSR count). The van der Waals surface area contributed by atoms with Crippen molar-refractivity contribution < 1.29 is 32.9 Å². The Hall–Kier alpha value is -0.760. The molecule has 0 spiro atoms. The fourth-order valence-corrected chi connectivity index (χ4v) is 8.78. The van der Waals surface area contributed by atoms with Crippen LogP contribution in [-0.4, -0.2) is 73.4 Å². The number of amides is 1. The van der Waals surface area contributed by atoms with E-state index in [1.165, 1.54) is 199 Å². The van der Waals surface area contributed by atoms with Crippen molar-refractivity contribution in [1.82, 2.24) is 5.32 Å². The van der Waals surface area contributed by atoms with Crippen molar-refractivity contribution in [3.8, 4) is 0 Å². The standard InChI is InChI=1S/C52H105N2O6P/c1-6-8-10-12-14-16-18-20-22-24-26-28-30-32-34-36-38-40-42-44-46-52(56)53-50(49-60-61(57,58)59-48-47-54(3,4)5)51(55)45-43-41-39-37-35-33-31-29-27-25-23-21-19-17-15-13-11-9-7-2/h26,28,50-51,55H,6-25,27,29-49H2,1-5H3,(H-,53,56,57,58)/p+1/b28-26-. The third-order valence-corrected chi connectivity index (χ3v) is 13.2. The number of allylic oxidation sites excluding steroid dienone is 2. The van der Waals surface area contributed by atoms with Crippen LogP contribution in [0.25, 0.3) is 0 Å². The van der Waals surface area contributed by atoms with Crippen LogP contribution >= 0.6 is 7.82 Å². The van der Waals surface area contributed by atoms with Gasteiger partial charge in [0.2, 0.25) is 5.91 Å². The Labute approximate surface area is 380 Å². The van der Waals surface area contributed by atoms with Crippen LogP contribution in [0.2, 0.25) is 0 Å². The van der Waals surface area contributed by atoms with Crippen LogP contribution in [0.15, 0.2) is 12.2 Å². The van der Waals surface area contributed by atoms with E-state index >= 15 is 0 Å². The van der Waals surface area contributed by atoms with Gasteiger partial charge in [-0.1, -0.05) is 231 Å². The zero-order chi connectivity index (χ0) is 45.0. The Morgan fingerprint density at radius 2 is 0.885 bits per heavy atom. The van der Waals surface area contributed by atoms with Gasteiger partial charge in [-0.25, -0.2) is 4.57 Å². The van der Waals surface area contributed by atoms with Crippen LogP contribution in [0.4, 0.5) is 0 Å². The molecule has 364 valence electrons. The highest BCUT2D eigenvalue weighted by atomic mass is 31.2. The molecule has 0 aliphatic carbocycles. The highest BCUT2D eigenvalue weighted by Gasteiger charge is 2.28. The van der Waals surface area contributed by atoms with E-state index in [0.29, 0.717) is 23.9 Å². The molecule has 3 unspecified atom stereocenters. The summed E-state index contributed by atoms with van der Waals surface area (Å²) in [6.07, 6.45) is 52.5. The molecule has 3 atom stereocenters. The first-order valence-electron chi connectivity index (χ1n) is 26.6. The Bertz CT molecular complexity index is 1000. The molecule has 0 aromatic carbocycles. The summed E-state index contributed by atoms with van der Waals surface area (Å²) in [7, 11) is 1.62. The van der Waals surface area contributed by atoms with Crippen molar-refractivity contribution in [2.45, 2.75) is 276 Å². The highest BCUT2D eigenvalue weighted by molar-refractivity contribution is 7.47. The van der Waals surface area contributed by atoms with Gasteiger partial charge in [0.25, 0.3) is 0 Å². The molecule has 8 nitrogen and oxygen atoms in total. The van der Waals surface area contributed by atoms with Crippen LogP contribution in [0.3, 0.4) is 0 Å². The summed E-state index contributed by atoms with van der Waals surface area (Å²) < 4.78 is 23.7. The number of nitrogens with zero attached hydrogens (tertiary/aromatic N) is 1. The normalized spacial score (nSPS) is 14.1. The minimum atomic E-state index is -4.32. The van der Waals surface area contributed by atoms with E-state index in [0.717, 1.165) is 38.5 Å². The first-order valence-corrected chi connectivity index (χ1v) is 28.0. The predicted octanol–water partition coefficient (Wildman–Crippen LogP) is 15.5. The quantitative estimate of drug-likeness (QED) is 0.0243. The second-order valence-corrected chi connectivity index (χ2v) is 21.1. The number of carbonyl (C=O) groups is 1. The molecular formula is C52H106N2O6P+. The van der Waals surface area contributed by atoms with Crippen LogP contribution in [0.1, 0.15) is 264 Å². The van der Waals surface area contributed by atoms with Gasteiger partial charge < -0.3 is 19.8 Å². The van der Waals surface area contributed by atoms with Gasteiger partial charge in [-0.15, -0.1) is 0 Å². The summed E-state index contributed by atoms with van der Waals surface area (Å²) in [6, 6.07) is -0.760. The first-order chi connectivity index (χ1) is 29.5. The van der Waals surface area contributed by atoms with Crippen LogP contribution < -0.4 is 5.32 Å². The summed E-state index contributed by atoms with van der Waals surface area (Å²) in [4.78, 5) is 23.3. The molecule has 0 bridgehead atoms. The number of rotatable bonds is 49. The summed E-state index contributed by atoms with van der Waals surface area (Å²) >= 11 is 0. The van der Waals surface area contributed by atoms with E-state index in [1.807, 2.05) is 21.1 Å². The zero-order valence-corrected chi connectivity index (χ0v) is 42.3. The number of phosphoric ester groups is 1. The molecule has 0 fully saturated rings. The van der Waals surface area contributed by atoms with Crippen LogP contribution in [0, 0.1) is 0 Å². The minimum Gasteiger partial charge on any atom is -0.391 e. The van der Waals surface area contributed by atoms with E-state index in [-0.39, 0.29) is 19.1 Å². The molecule has 0 saturated heterocycles. The maximum absolute atomic E-state index is 13.0. The topological polar surface area (TPSA) is 105 Å². The highest BCUT2D eigenvalue weighted by Crippen LogP contribution is 2.43. The number of quaternary nitrogens is 1. The lowest BCUT2D eigenvalue weighted by molar-refractivity contribution is -0.870. The zero-order valence-electron chi connectivity index (χ0n) is 41.4. The molecule has 9 heteroatoms. The average molecular weight is 886 g/mol. The van der Waals surface area contributed by atoms with Gasteiger partial charge >= 0.3 is 7.82 Å². The number of likely N-dealkylation sites (N-methyl/N-ethyl adjacent to an activating group) is 1. The molecule has 61 heavy (non-hydrogen) atoms. The minimum absolute atomic E-state index is 0.0761. The van der Waals surface area contributed by atoms with Gasteiger partial charge in [-0.2, -0.15) is 0 Å². The smallest absolute Gasteiger partial charge is 0.391 e. The summed E-state index contributed by atoms with van der Waals surface area (Å²) in [5.41, 5.74) is 0. The summed E-state index contributed by atoms with van der Waals surface area (Å²) in [5.74, 6) is -0.145. The van der Waals surface area contributed by atoms with Crippen LogP contribution in [0.5, 0.6) is 0 Å². The lowest BCUT2D eigenvalue weighted by Crippen LogP contribution is -2.46. The SMILES string of the molecule is CCCCCCCCCCC/C=C\CCCCCCCCCC(=O)NC(COP(=O)(O)OCC[N+](C)(C)C)C(O)CCCCCCCCCCCCCCCCCCCCC. The second kappa shape index (κ2) is 44.4. The molecular weight excluding hydrogens is 780 g/mol. The number of carbonyl (C=O) groups excluding carboxylic acids is 1. The number of nitrogens with one attached hydrogen (secondary N) is 1. The molecule has 0 aliphatic heterocycles. The van der Waals surface area contributed by atoms with Crippen molar-refractivity contribution in [2.24, 2.45) is 0 Å². The molecule has 0 aromatic heterocycles. The largest absolute Gasteiger partial charge is 0.472 e. The van der Waals surface area contributed by atoms with Gasteiger partial charge in [-0.05, 0) is 38.5 Å². The Morgan fingerprint density at radius 3 is 1.26 bits per heavy atom. The fourth-order valence-electron chi connectivity index (χ4n) is 8.04. The maximum Gasteiger partial charge on any atom is 0.472 e. The molecule has 0 aromatic rings. The van der Waals surface area contributed by atoms with Crippen molar-refractivity contribution in [2.75, 3.05) is 40.9 Å². The number of unbranched alkanes of at least 4 members (excludes halogenated alkanes) is 34. The maximum atomic E-state index is 13.0.